The van der Waals surface area contributed by atoms with E-state index in [0.717, 1.165) is 33.9 Å². The van der Waals surface area contributed by atoms with Gasteiger partial charge in [0.25, 0.3) is 0 Å². The first-order valence-electron chi connectivity index (χ1n) is 15.3. The Balaban J connectivity index is 1.22. The second-order valence-corrected chi connectivity index (χ2v) is 11.2. The lowest BCUT2D eigenvalue weighted by Gasteiger charge is -2.12. The average Bonchev–Trinajstić information content (AvgIpc) is 3.62. The van der Waals surface area contributed by atoms with Crippen molar-refractivity contribution in [2.24, 2.45) is 0 Å². The molecule has 0 spiro atoms. The van der Waals surface area contributed by atoms with Crippen molar-refractivity contribution in [2.45, 2.75) is 6.92 Å². The molecule has 3 heteroatoms. The number of hydrogen-bond donors (Lipinski definition) is 0. The Morgan fingerprint density at radius 2 is 1.13 bits per heavy atom. The summed E-state index contributed by atoms with van der Waals surface area (Å²) in [5.74, 6) is 0. The van der Waals surface area contributed by atoms with E-state index in [0.29, 0.717) is 0 Å². The lowest BCUT2D eigenvalue weighted by Crippen LogP contribution is -1.97. The van der Waals surface area contributed by atoms with Crippen LogP contribution in [0.2, 0.25) is 0 Å². The van der Waals surface area contributed by atoms with Crippen LogP contribution >= 0.6 is 0 Å². The van der Waals surface area contributed by atoms with Gasteiger partial charge in [-0.25, -0.2) is 4.98 Å². The normalized spacial score (nSPS) is 12.5. The van der Waals surface area contributed by atoms with Gasteiger partial charge < -0.3 is 9.13 Å². The van der Waals surface area contributed by atoms with Gasteiger partial charge >= 0.3 is 0 Å². The van der Waals surface area contributed by atoms with E-state index in [4.69, 9.17) is 4.98 Å². The zero-order valence-corrected chi connectivity index (χ0v) is 25.1. The molecule has 0 saturated carbocycles. The van der Waals surface area contributed by atoms with Crippen molar-refractivity contribution < 1.29 is 0 Å². The summed E-state index contributed by atoms with van der Waals surface area (Å²) in [6, 6.07) is 49.2. The summed E-state index contributed by atoms with van der Waals surface area (Å²) in [4.78, 5) is 5.17. The Labute approximate surface area is 262 Å². The molecule has 0 atom stereocenters. The van der Waals surface area contributed by atoms with Gasteiger partial charge in [-0.05, 0) is 61.5 Å². The van der Waals surface area contributed by atoms with E-state index in [1.165, 1.54) is 43.6 Å². The average molecular weight is 578 g/mol. The summed E-state index contributed by atoms with van der Waals surface area (Å²) < 4.78 is 4.67. The van der Waals surface area contributed by atoms with E-state index in [9.17, 15) is 0 Å². The SMILES string of the molecule is C=C/C(=C\C(=C/C)n1c2ccccc2c2ccccc21)c1cccc(-c2cccc(-n3c4ccccc4c4ccccc43)c2)n1. The molecule has 0 N–H and O–H groups in total. The molecule has 8 aromatic rings. The van der Waals surface area contributed by atoms with Gasteiger partial charge in [0.05, 0.1) is 33.5 Å². The molecule has 214 valence electrons. The highest BCUT2D eigenvalue weighted by Crippen LogP contribution is 2.35. The standard InChI is InChI=1S/C42H31N3/c1-3-29(27-31(4-2)44-39-23-9-5-17-33(39)34-18-6-10-24-40(34)44)37-21-14-22-38(43-37)30-15-13-16-32(28-30)45-41-25-11-7-19-35(41)36-20-8-12-26-42(36)45/h3-28H,1H2,2H3/b29-27+,31-4+. The van der Waals surface area contributed by atoms with E-state index in [-0.39, 0.29) is 0 Å². The maximum Gasteiger partial charge on any atom is 0.0710 e. The minimum atomic E-state index is 0.880. The third-order valence-electron chi connectivity index (χ3n) is 8.68. The number of hydrogen-bond acceptors (Lipinski definition) is 1. The van der Waals surface area contributed by atoms with Crippen LogP contribution in [-0.4, -0.2) is 14.1 Å². The Kier molecular flexibility index (Phi) is 6.50. The fourth-order valence-corrected chi connectivity index (χ4v) is 6.64. The van der Waals surface area contributed by atoms with E-state index in [1.54, 1.807) is 0 Å². The van der Waals surface area contributed by atoms with Crippen molar-refractivity contribution in [1.82, 2.24) is 14.1 Å². The summed E-state index contributed by atoms with van der Waals surface area (Å²) in [5.41, 5.74) is 10.7. The third kappa shape index (κ3) is 4.40. The maximum absolute atomic E-state index is 5.17. The van der Waals surface area contributed by atoms with Crippen molar-refractivity contribution in [1.29, 1.82) is 0 Å². The molecular weight excluding hydrogens is 546 g/mol. The molecule has 0 radical (unpaired) electrons. The van der Waals surface area contributed by atoms with Gasteiger partial charge in [0.1, 0.15) is 0 Å². The zero-order valence-electron chi connectivity index (χ0n) is 25.1. The highest BCUT2D eigenvalue weighted by atomic mass is 15.0. The summed E-state index contributed by atoms with van der Waals surface area (Å²) in [6.45, 7) is 6.27. The Morgan fingerprint density at radius 1 is 0.600 bits per heavy atom. The van der Waals surface area contributed by atoms with Gasteiger partial charge in [-0.2, -0.15) is 0 Å². The van der Waals surface area contributed by atoms with Crippen molar-refractivity contribution >= 4 is 54.9 Å². The van der Waals surface area contributed by atoms with Crippen LogP contribution < -0.4 is 0 Å². The van der Waals surface area contributed by atoms with Gasteiger partial charge in [-0.3, -0.25) is 0 Å². The summed E-state index contributed by atoms with van der Waals surface area (Å²) in [5, 5.41) is 4.98. The van der Waals surface area contributed by atoms with Gasteiger partial charge in [0.15, 0.2) is 0 Å². The fraction of sp³-hybridized carbons (Fsp3) is 0.0238. The Hall–Kier alpha value is -5.93. The molecule has 0 bridgehead atoms. The van der Waals surface area contributed by atoms with E-state index in [1.807, 2.05) is 6.08 Å². The lowest BCUT2D eigenvalue weighted by atomic mass is 10.1. The lowest BCUT2D eigenvalue weighted by molar-refractivity contribution is 1.18. The minimum absolute atomic E-state index is 0.880. The molecule has 0 fully saturated rings. The predicted molar refractivity (Wildman–Crippen MR) is 192 cm³/mol. The Morgan fingerprint density at radius 3 is 1.71 bits per heavy atom. The molecule has 0 aliphatic heterocycles. The first-order valence-corrected chi connectivity index (χ1v) is 15.3. The van der Waals surface area contributed by atoms with Crippen LogP contribution in [0, 0.1) is 0 Å². The number of fused-ring (bicyclic) bond motifs is 6. The number of allylic oxidation sites excluding steroid dienone is 5. The smallest absolute Gasteiger partial charge is 0.0710 e. The molecule has 3 aromatic heterocycles. The molecule has 0 amide bonds. The molecule has 3 nitrogen and oxygen atoms in total. The van der Waals surface area contributed by atoms with Crippen LogP contribution in [0.5, 0.6) is 0 Å². The maximum atomic E-state index is 5.17. The zero-order chi connectivity index (χ0) is 30.3. The van der Waals surface area contributed by atoms with Crippen LogP contribution in [0.4, 0.5) is 0 Å². The van der Waals surface area contributed by atoms with Crippen LogP contribution in [0.3, 0.4) is 0 Å². The topological polar surface area (TPSA) is 22.8 Å². The van der Waals surface area contributed by atoms with E-state index < -0.39 is 0 Å². The van der Waals surface area contributed by atoms with E-state index in [2.05, 4.69) is 174 Å². The van der Waals surface area contributed by atoms with Crippen LogP contribution in [0.1, 0.15) is 12.6 Å². The molecule has 0 saturated heterocycles. The van der Waals surface area contributed by atoms with Crippen molar-refractivity contribution in [2.75, 3.05) is 0 Å². The quantitative estimate of drug-likeness (QED) is 0.180. The predicted octanol–water partition coefficient (Wildman–Crippen LogP) is 11.1. The number of para-hydroxylation sites is 4. The molecule has 0 aliphatic carbocycles. The van der Waals surface area contributed by atoms with Crippen LogP contribution in [0.25, 0.3) is 71.8 Å². The van der Waals surface area contributed by atoms with Crippen LogP contribution in [-0.2, 0) is 0 Å². The second-order valence-electron chi connectivity index (χ2n) is 11.2. The van der Waals surface area contributed by atoms with Crippen molar-refractivity contribution in [3.05, 3.63) is 170 Å². The summed E-state index contributed by atoms with van der Waals surface area (Å²) in [6.07, 6.45) is 6.24. The molecule has 0 aliphatic rings. The molecule has 45 heavy (non-hydrogen) atoms. The highest BCUT2D eigenvalue weighted by Gasteiger charge is 2.14. The minimum Gasteiger partial charge on any atom is -0.310 e. The van der Waals surface area contributed by atoms with Gasteiger partial charge in [-0.15, -0.1) is 0 Å². The molecule has 5 aromatic carbocycles. The number of aromatic nitrogens is 3. The van der Waals surface area contributed by atoms with E-state index >= 15 is 0 Å². The monoisotopic (exact) mass is 577 g/mol. The largest absolute Gasteiger partial charge is 0.310 e. The number of rotatable bonds is 6. The molecular formula is C42H31N3. The number of pyridine rings is 1. The first kappa shape index (κ1) is 26.7. The first-order chi connectivity index (χ1) is 22.2. The fourth-order valence-electron chi connectivity index (χ4n) is 6.64. The molecule has 0 unspecified atom stereocenters. The summed E-state index contributed by atoms with van der Waals surface area (Å²) in [7, 11) is 0. The summed E-state index contributed by atoms with van der Waals surface area (Å²) >= 11 is 0. The molecule has 3 heterocycles. The van der Waals surface area contributed by atoms with Crippen molar-refractivity contribution in [3.63, 3.8) is 0 Å². The number of nitrogens with zero attached hydrogens (tertiary/aromatic N) is 3. The van der Waals surface area contributed by atoms with Gasteiger partial charge in [-0.1, -0.05) is 110 Å². The highest BCUT2D eigenvalue weighted by molar-refractivity contribution is 6.11. The van der Waals surface area contributed by atoms with Crippen molar-refractivity contribution in [3.8, 4) is 16.9 Å². The second kappa shape index (κ2) is 11.0. The van der Waals surface area contributed by atoms with Gasteiger partial charge in [0, 0.05) is 44.1 Å². The molecule has 8 rings (SSSR count). The van der Waals surface area contributed by atoms with Crippen LogP contribution in [0.15, 0.2) is 164 Å². The van der Waals surface area contributed by atoms with Gasteiger partial charge in [0.2, 0.25) is 0 Å². The Bertz CT molecular complexity index is 2360. The third-order valence-corrected chi connectivity index (χ3v) is 8.68. The number of benzene rings is 5.